The zero-order valence-electron chi connectivity index (χ0n) is 30.3. The molecule has 0 radical (unpaired) electrons. The lowest BCUT2D eigenvalue weighted by Gasteiger charge is -2.36. The molecule has 1 N–H and O–H groups in total. The average molecular weight is 681 g/mol. The van der Waals surface area contributed by atoms with E-state index in [0.717, 1.165) is 69.1 Å². The number of ketones is 1. The first-order valence-electron chi connectivity index (χ1n) is 17.9. The van der Waals surface area contributed by atoms with Gasteiger partial charge in [0.25, 0.3) is 5.56 Å². The van der Waals surface area contributed by atoms with Crippen LogP contribution in [0.4, 0.5) is 17.5 Å². The maximum absolute atomic E-state index is 13.5. The second-order valence-electron chi connectivity index (χ2n) is 15.6. The molecule has 4 heterocycles. The lowest BCUT2D eigenvalue weighted by molar-refractivity contribution is 0.101. The van der Waals surface area contributed by atoms with Crippen LogP contribution in [0.3, 0.4) is 0 Å². The highest BCUT2D eigenvalue weighted by Crippen LogP contribution is 2.37. The van der Waals surface area contributed by atoms with Gasteiger partial charge >= 0.3 is 0 Å². The topological polar surface area (TPSA) is 102 Å². The van der Waals surface area contributed by atoms with Crippen LogP contribution in [0, 0.1) is 12.8 Å². The number of anilines is 3. The summed E-state index contributed by atoms with van der Waals surface area (Å²) >= 11 is 0. The Labute approximate surface area is 291 Å². The van der Waals surface area contributed by atoms with E-state index in [9.17, 15) is 9.59 Å². The van der Waals surface area contributed by atoms with Crippen molar-refractivity contribution in [1.82, 2.24) is 19.5 Å². The number of nitrogens with zero attached hydrogens (tertiary/aromatic N) is 5. The number of carbonyl (C=O) groups is 1. The Morgan fingerprint density at radius 2 is 1.63 bits per heavy atom. The van der Waals surface area contributed by atoms with Crippen molar-refractivity contribution >= 4 is 42.6 Å². The fourth-order valence-electron chi connectivity index (χ4n) is 7.05. The number of aromatic nitrogens is 4. The van der Waals surface area contributed by atoms with Gasteiger partial charge in [0.2, 0.25) is 5.95 Å². The number of rotatable bonds is 10. The van der Waals surface area contributed by atoms with Gasteiger partial charge in [-0.2, -0.15) is 4.98 Å². The Balaban J connectivity index is 1.06. The second kappa shape index (κ2) is 14.1. The Kier molecular flexibility index (Phi) is 10.1. The number of nitrogens with one attached hydrogen (secondary N) is 1. The summed E-state index contributed by atoms with van der Waals surface area (Å²) in [6.45, 7) is 17.4. The lowest BCUT2D eigenvalue weighted by atomic mass is 9.90. The van der Waals surface area contributed by atoms with Crippen molar-refractivity contribution in [2.75, 3.05) is 23.3 Å². The van der Waals surface area contributed by atoms with Gasteiger partial charge < -0.3 is 14.6 Å². The monoisotopic (exact) mass is 680 g/mol. The molecule has 0 amide bonds. The van der Waals surface area contributed by atoms with Crippen molar-refractivity contribution in [2.24, 2.45) is 5.92 Å². The van der Waals surface area contributed by atoms with Gasteiger partial charge in [0, 0.05) is 30.7 Å². The number of carbonyl (C=O) groups excluding carboxylic acids is 1. The van der Waals surface area contributed by atoms with Crippen molar-refractivity contribution in [2.45, 2.75) is 110 Å². The van der Waals surface area contributed by atoms with E-state index in [1.807, 2.05) is 19.2 Å². The van der Waals surface area contributed by atoms with Crippen molar-refractivity contribution in [3.8, 4) is 0 Å². The van der Waals surface area contributed by atoms with Gasteiger partial charge in [-0.1, -0.05) is 57.9 Å². The van der Waals surface area contributed by atoms with Crippen LogP contribution in [0.2, 0.25) is 18.1 Å². The molecule has 1 saturated heterocycles. The molecule has 1 saturated carbocycles. The molecule has 1 aliphatic heterocycles. The summed E-state index contributed by atoms with van der Waals surface area (Å²) in [4.78, 5) is 42.4. The van der Waals surface area contributed by atoms with E-state index in [0.29, 0.717) is 35.5 Å². The Morgan fingerprint density at radius 1 is 0.959 bits per heavy atom. The largest absolute Gasteiger partial charge is 0.413 e. The van der Waals surface area contributed by atoms with Crippen molar-refractivity contribution in [1.29, 1.82) is 0 Å². The minimum atomic E-state index is -1.75. The number of pyridine rings is 2. The second-order valence-corrected chi connectivity index (χ2v) is 20.4. The molecule has 49 heavy (non-hydrogen) atoms. The van der Waals surface area contributed by atoms with Crippen LogP contribution in [0.1, 0.15) is 99.3 Å². The van der Waals surface area contributed by atoms with E-state index >= 15 is 0 Å². The molecular formula is C39H52N6O3Si. The van der Waals surface area contributed by atoms with E-state index in [-0.39, 0.29) is 28.0 Å². The molecule has 10 heteroatoms. The summed E-state index contributed by atoms with van der Waals surface area (Å²) in [7, 11) is -1.75. The molecule has 2 aliphatic rings. The molecule has 0 bridgehead atoms. The predicted molar refractivity (Wildman–Crippen MR) is 201 cm³/mol. The summed E-state index contributed by atoms with van der Waals surface area (Å²) in [5.41, 5.74) is 4.96. The maximum atomic E-state index is 13.5. The van der Waals surface area contributed by atoms with Gasteiger partial charge in [-0.05, 0) is 98.8 Å². The fourth-order valence-corrected chi connectivity index (χ4v) is 8.01. The van der Waals surface area contributed by atoms with Crippen LogP contribution >= 0.6 is 0 Å². The molecule has 0 atom stereocenters. The van der Waals surface area contributed by atoms with Crippen LogP contribution in [0.15, 0.2) is 53.6 Å². The third-order valence-corrected chi connectivity index (χ3v) is 15.6. The molecule has 4 aromatic rings. The molecule has 0 unspecified atom stereocenters. The van der Waals surface area contributed by atoms with Gasteiger partial charge in [-0.15, -0.1) is 0 Å². The number of hydrogen-bond acceptors (Lipinski definition) is 8. The van der Waals surface area contributed by atoms with E-state index in [1.54, 1.807) is 10.8 Å². The molecule has 0 spiro atoms. The summed E-state index contributed by atoms with van der Waals surface area (Å²) in [6, 6.07) is 13.1. The van der Waals surface area contributed by atoms with Crippen molar-refractivity contribution < 1.29 is 9.22 Å². The summed E-state index contributed by atoms with van der Waals surface area (Å²) in [5.74, 6) is 1.47. The van der Waals surface area contributed by atoms with Gasteiger partial charge in [-0.3, -0.25) is 14.2 Å². The first-order chi connectivity index (χ1) is 23.3. The average Bonchev–Trinajstić information content (AvgIpc) is 3.59. The summed E-state index contributed by atoms with van der Waals surface area (Å²) in [5, 5.41) is 4.19. The number of Topliss-reactive ketones (excluding diaryl/α,β-unsaturated/α-hetero) is 1. The predicted octanol–water partition coefficient (Wildman–Crippen LogP) is 8.54. The van der Waals surface area contributed by atoms with E-state index in [4.69, 9.17) is 9.41 Å². The number of fused-ring (bicyclic) bond motifs is 1. The molecule has 1 aliphatic carbocycles. The van der Waals surface area contributed by atoms with Crippen LogP contribution in [0.25, 0.3) is 11.0 Å². The smallest absolute Gasteiger partial charge is 0.263 e. The number of hydrogen-bond donors (Lipinski definition) is 1. The van der Waals surface area contributed by atoms with Crippen molar-refractivity contribution in [3.63, 3.8) is 0 Å². The normalized spacial score (nSPS) is 16.4. The SMILES string of the molecule is CC(=O)c1c(C)c2cnc(Nc3ccc(N4CCC(Cc5ccc(CO[Si](C)(C)C(C)(C)C)cc5)CC4)cn3)nc2n(C2CCCC2)c1=O. The van der Waals surface area contributed by atoms with Crippen molar-refractivity contribution in [3.05, 3.63) is 81.4 Å². The van der Waals surface area contributed by atoms with Crippen LogP contribution in [-0.2, 0) is 17.5 Å². The third kappa shape index (κ3) is 7.65. The molecule has 3 aromatic heterocycles. The Morgan fingerprint density at radius 3 is 2.24 bits per heavy atom. The molecule has 260 valence electrons. The molecule has 6 rings (SSSR count). The fraction of sp³-hybridized carbons (Fsp3) is 0.513. The van der Waals surface area contributed by atoms with Gasteiger partial charge in [0.05, 0.1) is 24.1 Å². The summed E-state index contributed by atoms with van der Waals surface area (Å²) in [6.07, 6.45) is 11.0. The quantitative estimate of drug-likeness (QED) is 0.131. The molecule has 9 nitrogen and oxygen atoms in total. The highest BCUT2D eigenvalue weighted by atomic mass is 28.4. The molecule has 1 aromatic carbocycles. The third-order valence-electron chi connectivity index (χ3n) is 11.2. The van der Waals surface area contributed by atoms with Gasteiger partial charge in [0.15, 0.2) is 14.1 Å². The first-order valence-corrected chi connectivity index (χ1v) is 20.8. The van der Waals surface area contributed by atoms with Gasteiger partial charge in [-0.25, -0.2) is 9.97 Å². The Hall–Kier alpha value is -3.89. The van der Waals surface area contributed by atoms with Crippen LogP contribution in [-0.4, -0.2) is 46.7 Å². The number of aryl methyl sites for hydroxylation is 1. The zero-order chi connectivity index (χ0) is 34.9. The highest BCUT2D eigenvalue weighted by Gasteiger charge is 2.37. The lowest BCUT2D eigenvalue weighted by Crippen LogP contribution is -2.40. The Bertz CT molecular complexity index is 1850. The standard InChI is InChI=1S/C39H52N6O3Si/c1-26-33-24-41-38(43-36(33)45(31-10-8-9-11-31)37(47)35(26)27(2)46)42-34-17-16-32(23-40-34)44-20-18-29(19-21-44)22-28-12-14-30(15-13-28)25-48-49(6,7)39(3,4)5/h12-17,23-24,29,31H,8-11,18-22,25H2,1-7H3,(H,40,41,42,43). The van der Waals surface area contributed by atoms with E-state index in [2.05, 4.69) is 84.4 Å². The minimum absolute atomic E-state index is 0.0380. The zero-order valence-corrected chi connectivity index (χ0v) is 31.3. The highest BCUT2D eigenvalue weighted by molar-refractivity contribution is 6.74. The van der Waals surface area contributed by atoms with Crippen LogP contribution < -0.4 is 15.8 Å². The number of benzene rings is 1. The molecule has 2 fully saturated rings. The molecular weight excluding hydrogens is 629 g/mol. The number of piperidine rings is 1. The van der Waals surface area contributed by atoms with E-state index < -0.39 is 8.32 Å². The first kappa shape index (κ1) is 35.0. The van der Waals surface area contributed by atoms with Gasteiger partial charge in [0.1, 0.15) is 11.5 Å². The van der Waals surface area contributed by atoms with E-state index in [1.165, 1.54) is 18.1 Å². The maximum Gasteiger partial charge on any atom is 0.263 e. The van der Waals surface area contributed by atoms with Crippen LogP contribution in [0.5, 0.6) is 0 Å². The minimum Gasteiger partial charge on any atom is -0.413 e. The summed E-state index contributed by atoms with van der Waals surface area (Å²) < 4.78 is 8.15.